The van der Waals surface area contributed by atoms with Crippen molar-refractivity contribution in [3.63, 3.8) is 0 Å². The second-order valence-electron chi connectivity index (χ2n) is 6.73. The summed E-state index contributed by atoms with van der Waals surface area (Å²) in [5.41, 5.74) is 0.944. The number of carbonyl (C=O) groups excluding carboxylic acids is 2. The summed E-state index contributed by atoms with van der Waals surface area (Å²) in [7, 11) is 1.51. The van der Waals surface area contributed by atoms with E-state index >= 15 is 0 Å². The van der Waals surface area contributed by atoms with Gasteiger partial charge in [-0.3, -0.25) is 19.0 Å². The Balaban J connectivity index is 1.78. The SMILES string of the molecule is C=CCn1c(=S)[nH]c2cc(C(=O)N(C)CC(=O)Nc3ccc(Cl)c(Cl)c3)ccc2c1=O. The lowest BCUT2D eigenvalue weighted by Gasteiger charge is -2.17. The summed E-state index contributed by atoms with van der Waals surface area (Å²) in [6.45, 7) is 3.71. The largest absolute Gasteiger partial charge is 0.332 e. The molecule has 0 bridgehead atoms. The van der Waals surface area contributed by atoms with Gasteiger partial charge >= 0.3 is 0 Å². The maximum atomic E-state index is 12.8. The van der Waals surface area contributed by atoms with Crippen LogP contribution in [0.2, 0.25) is 10.0 Å². The van der Waals surface area contributed by atoms with Crippen LogP contribution in [0.5, 0.6) is 0 Å². The molecule has 10 heteroatoms. The van der Waals surface area contributed by atoms with Gasteiger partial charge in [0.05, 0.1) is 27.5 Å². The van der Waals surface area contributed by atoms with Crippen molar-refractivity contribution in [2.75, 3.05) is 18.9 Å². The molecular weight excluding hydrogens is 459 g/mol. The van der Waals surface area contributed by atoms with Crippen molar-refractivity contribution in [1.82, 2.24) is 14.5 Å². The lowest BCUT2D eigenvalue weighted by molar-refractivity contribution is -0.116. The Labute approximate surface area is 192 Å². The average Bonchev–Trinajstić information content (AvgIpc) is 2.72. The molecule has 0 atom stereocenters. The molecule has 2 amide bonds. The average molecular weight is 477 g/mol. The molecule has 3 aromatic rings. The van der Waals surface area contributed by atoms with E-state index in [1.807, 2.05) is 0 Å². The predicted octanol–water partition coefficient (Wildman–Crippen LogP) is 4.26. The van der Waals surface area contributed by atoms with Gasteiger partial charge in [0.25, 0.3) is 11.5 Å². The number of hydrogen-bond donors (Lipinski definition) is 2. The van der Waals surface area contributed by atoms with E-state index in [1.54, 1.807) is 30.3 Å². The van der Waals surface area contributed by atoms with Crippen LogP contribution in [0, 0.1) is 4.77 Å². The van der Waals surface area contributed by atoms with Gasteiger partial charge in [-0.25, -0.2) is 0 Å². The fourth-order valence-corrected chi connectivity index (χ4v) is 3.53. The molecular formula is C21H18Cl2N4O3S. The molecule has 0 saturated heterocycles. The summed E-state index contributed by atoms with van der Waals surface area (Å²) < 4.78 is 1.61. The number of H-pyrrole nitrogens is 1. The molecule has 0 aliphatic rings. The third kappa shape index (κ3) is 5.04. The number of nitrogens with one attached hydrogen (secondary N) is 2. The Kier molecular flexibility index (Phi) is 6.94. The number of fused-ring (bicyclic) bond motifs is 1. The quantitative estimate of drug-likeness (QED) is 0.410. The number of likely N-dealkylation sites (N-methyl/N-ethyl adjacent to an activating group) is 1. The first kappa shape index (κ1) is 22.7. The molecule has 0 fully saturated rings. The number of halogens is 2. The zero-order valence-electron chi connectivity index (χ0n) is 16.4. The second-order valence-corrected chi connectivity index (χ2v) is 7.93. The van der Waals surface area contributed by atoms with Gasteiger partial charge in [-0.2, -0.15) is 0 Å². The lowest BCUT2D eigenvalue weighted by Crippen LogP contribution is -2.35. The molecule has 0 saturated carbocycles. The number of rotatable bonds is 6. The molecule has 0 unspecified atom stereocenters. The van der Waals surface area contributed by atoms with Crippen LogP contribution in [0.3, 0.4) is 0 Å². The number of amides is 2. The van der Waals surface area contributed by atoms with Crippen LogP contribution in [-0.4, -0.2) is 39.9 Å². The van der Waals surface area contributed by atoms with Crippen molar-refractivity contribution in [3.8, 4) is 0 Å². The summed E-state index contributed by atoms with van der Waals surface area (Å²) >= 11 is 17.0. The Morgan fingerprint density at radius 1 is 1.23 bits per heavy atom. The van der Waals surface area contributed by atoms with E-state index in [1.165, 1.54) is 28.6 Å². The van der Waals surface area contributed by atoms with Crippen LogP contribution in [0.15, 0.2) is 53.8 Å². The van der Waals surface area contributed by atoms with Crippen molar-refractivity contribution in [3.05, 3.63) is 79.8 Å². The molecule has 1 aromatic heterocycles. The summed E-state index contributed by atoms with van der Waals surface area (Å²) in [4.78, 5) is 41.9. The fourth-order valence-electron chi connectivity index (χ4n) is 2.96. The highest BCUT2D eigenvalue weighted by atomic mass is 35.5. The smallest absolute Gasteiger partial charge is 0.262 e. The molecule has 2 N–H and O–H groups in total. The number of carbonyl (C=O) groups is 2. The van der Waals surface area contributed by atoms with E-state index in [9.17, 15) is 14.4 Å². The third-order valence-corrected chi connectivity index (χ3v) is 5.53. The summed E-state index contributed by atoms with van der Waals surface area (Å²) in [6.07, 6.45) is 1.58. The third-order valence-electron chi connectivity index (χ3n) is 4.47. The zero-order valence-corrected chi connectivity index (χ0v) is 18.8. The molecule has 0 spiro atoms. The topological polar surface area (TPSA) is 87.2 Å². The summed E-state index contributed by atoms with van der Waals surface area (Å²) in [5, 5.41) is 3.74. The van der Waals surface area contributed by atoms with E-state index in [0.29, 0.717) is 32.2 Å². The Morgan fingerprint density at radius 2 is 1.97 bits per heavy atom. The molecule has 0 aliphatic heterocycles. The lowest BCUT2D eigenvalue weighted by atomic mass is 10.1. The number of aromatic nitrogens is 2. The Bertz CT molecular complexity index is 1320. The monoisotopic (exact) mass is 476 g/mol. The highest BCUT2D eigenvalue weighted by Crippen LogP contribution is 2.25. The summed E-state index contributed by atoms with van der Waals surface area (Å²) in [5.74, 6) is -0.789. The van der Waals surface area contributed by atoms with Crippen molar-refractivity contribution >= 4 is 63.8 Å². The first-order valence-corrected chi connectivity index (χ1v) is 10.3. The van der Waals surface area contributed by atoms with Crippen LogP contribution in [0.25, 0.3) is 10.9 Å². The molecule has 1 heterocycles. The number of anilines is 1. The van der Waals surface area contributed by atoms with Crippen molar-refractivity contribution in [2.24, 2.45) is 0 Å². The van der Waals surface area contributed by atoms with E-state index < -0.39 is 5.91 Å². The number of allylic oxidation sites excluding steroid dienone is 1. The first-order chi connectivity index (χ1) is 14.7. The van der Waals surface area contributed by atoms with E-state index in [-0.39, 0.29) is 29.3 Å². The Hall–Kier alpha value is -2.94. The zero-order chi connectivity index (χ0) is 22.7. The first-order valence-electron chi connectivity index (χ1n) is 9.09. The van der Waals surface area contributed by atoms with Gasteiger partial charge in [0.1, 0.15) is 0 Å². The predicted molar refractivity (Wildman–Crippen MR) is 126 cm³/mol. The van der Waals surface area contributed by atoms with E-state index in [0.717, 1.165) is 0 Å². The minimum Gasteiger partial charge on any atom is -0.332 e. The molecule has 3 rings (SSSR count). The van der Waals surface area contributed by atoms with Crippen LogP contribution in [0.4, 0.5) is 5.69 Å². The van der Waals surface area contributed by atoms with Gasteiger partial charge in [-0.05, 0) is 48.6 Å². The van der Waals surface area contributed by atoms with Gasteiger partial charge in [-0.1, -0.05) is 29.3 Å². The second kappa shape index (κ2) is 9.47. The molecule has 0 radical (unpaired) electrons. The van der Waals surface area contributed by atoms with Crippen molar-refractivity contribution in [1.29, 1.82) is 0 Å². The van der Waals surface area contributed by atoms with Gasteiger partial charge < -0.3 is 15.2 Å². The normalized spacial score (nSPS) is 10.7. The van der Waals surface area contributed by atoms with Crippen molar-refractivity contribution < 1.29 is 9.59 Å². The minimum atomic E-state index is -0.401. The molecule has 0 aliphatic carbocycles. The molecule has 7 nitrogen and oxygen atoms in total. The van der Waals surface area contributed by atoms with Gasteiger partial charge in [0, 0.05) is 24.8 Å². The number of aromatic amines is 1. The van der Waals surface area contributed by atoms with Crippen LogP contribution in [-0.2, 0) is 11.3 Å². The van der Waals surface area contributed by atoms with E-state index in [4.69, 9.17) is 35.4 Å². The standard InChI is InChI=1S/C21H18Cl2N4O3S/c1-3-8-27-20(30)14-6-4-12(9-17(14)25-21(27)31)19(29)26(2)11-18(28)24-13-5-7-15(22)16(23)10-13/h3-7,9-10H,1,8,11H2,2H3,(H,24,28)(H,25,31). The molecule has 2 aromatic carbocycles. The molecule has 31 heavy (non-hydrogen) atoms. The van der Waals surface area contributed by atoms with Crippen LogP contribution in [0.1, 0.15) is 10.4 Å². The maximum absolute atomic E-state index is 12.8. The minimum absolute atomic E-state index is 0.186. The van der Waals surface area contributed by atoms with Gasteiger partial charge in [0.2, 0.25) is 5.91 Å². The fraction of sp³-hybridized carbons (Fsp3) is 0.143. The highest BCUT2D eigenvalue weighted by Gasteiger charge is 2.17. The van der Waals surface area contributed by atoms with Crippen molar-refractivity contribution in [2.45, 2.75) is 6.54 Å². The van der Waals surface area contributed by atoms with Gasteiger partial charge in [0.15, 0.2) is 4.77 Å². The van der Waals surface area contributed by atoms with Gasteiger partial charge in [-0.15, -0.1) is 6.58 Å². The maximum Gasteiger partial charge on any atom is 0.262 e. The Morgan fingerprint density at radius 3 is 2.65 bits per heavy atom. The number of benzene rings is 2. The number of hydrogen-bond acceptors (Lipinski definition) is 4. The highest BCUT2D eigenvalue weighted by molar-refractivity contribution is 7.71. The van der Waals surface area contributed by atoms with E-state index in [2.05, 4.69) is 16.9 Å². The van der Waals surface area contributed by atoms with Crippen LogP contribution < -0.4 is 10.9 Å². The van der Waals surface area contributed by atoms with Crippen LogP contribution >= 0.6 is 35.4 Å². The summed E-state index contributed by atoms with van der Waals surface area (Å²) in [6, 6.07) is 9.33. The number of nitrogens with zero attached hydrogens (tertiary/aromatic N) is 2. The molecule has 160 valence electrons.